The van der Waals surface area contributed by atoms with Gasteiger partial charge >= 0.3 is 0 Å². The largest absolute Gasteiger partial charge is 0.496 e. The van der Waals surface area contributed by atoms with Crippen LogP contribution >= 0.6 is 27.7 Å². The summed E-state index contributed by atoms with van der Waals surface area (Å²) in [6.45, 7) is 3.93. The first-order valence-electron chi connectivity index (χ1n) is 6.24. The molecule has 2 nitrogen and oxygen atoms in total. The molecule has 1 atom stereocenters. The van der Waals surface area contributed by atoms with Gasteiger partial charge in [-0.3, -0.25) is 0 Å². The third-order valence-electron chi connectivity index (χ3n) is 2.76. The van der Waals surface area contributed by atoms with E-state index in [0.717, 1.165) is 35.6 Å². The number of benzene rings is 1. The van der Waals surface area contributed by atoms with Gasteiger partial charge in [-0.2, -0.15) is 0 Å². The SMILES string of the molecule is CCNC(CSc1ccc(Br)cc1)C1=CCCO1. The number of hydrogen-bond donors (Lipinski definition) is 1. The van der Waals surface area contributed by atoms with Crippen LogP contribution in [0.15, 0.2) is 45.5 Å². The Kier molecular flexibility index (Phi) is 5.60. The Hall–Kier alpha value is -0.450. The average molecular weight is 328 g/mol. The van der Waals surface area contributed by atoms with E-state index in [9.17, 15) is 0 Å². The van der Waals surface area contributed by atoms with E-state index in [1.807, 2.05) is 11.8 Å². The van der Waals surface area contributed by atoms with Crippen molar-refractivity contribution in [2.45, 2.75) is 24.3 Å². The summed E-state index contributed by atoms with van der Waals surface area (Å²) in [4.78, 5) is 1.29. The number of hydrogen-bond acceptors (Lipinski definition) is 3. The van der Waals surface area contributed by atoms with Crippen molar-refractivity contribution >= 4 is 27.7 Å². The Balaban J connectivity index is 1.90. The lowest BCUT2D eigenvalue weighted by molar-refractivity contribution is 0.220. The lowest BCUT2D eigenvalue weighted by Gasteiger charge is -2.18. The summed E-state index contributed by atoms with van der Waals surface area (Å²) in [7, 11) is 0. The van der Waals surface area contributed by atoms with Crippen LogP contribution < -0.4 is 5.32 Å². The monoisotopic (exact) mass is 327 g/mol. The molecule has 0 saturated carbocycles. The van der Waals surface area contributed by atoms with Crippen LogP contribution in [0, 0.1) is 0 Å². The summed E-state index contributed by atoms with van der Waals surface area (Å²) in [6.07, 6.45) is 3.25. The van der Waals surface area contributed by atoms with Gasteiger partial charge in [-0.1, -0.05) is 22.9 Å². The van der Waals surface area contributed by atoms with Crippen molar-refractivity contribution in [2.75, 3.05) is 18.9 Å². The fraction of sp³-hybridized carbons (Fsp3) is 0.429. The fourth-order valence-electron chi connectivity index (χ4n) is 1.88. The number of nitrogens with one attached hydrogen (secondary N) is 1. The second-order valence-corrected chi connectivity index (χ2v) is 6.13. The molecule has 1 aromatic carbocycles. The minimum atomic E-state index is 0.325. The lowest BCUT2D eigenvalue weighted by Crippen LogP contribution is -2.33. The molecule has 1 aliphatic heterocycles. The molecule has 1 aliphatic rings. The zero-order valence-corrected chi connectivity index (χ0v) is 12.9. The quantitative estimate of drug-likeness (QED) is 0.802. The van der Waals surface area contributed by atoms with Crippen molar-refractivity contribution in [1.82, 2.24) is 5.32 Å². The maximum Gasteiger partial charge on any atom is 0.110 e. The molecule has 0 bridgehead atoms. The van der Waals surface area contributed by atoms with E-state index in [4.69, 9.17) is 4.74 Å². The van der Waals surface area contributed by atoms with Gasteiger partial charge in [0.05, 0.1) is 12.6 Å². The Labute approximate surface area is 121 Å². The summed E-state index contributed by atoms with van der Waals surface area (Å²) in [5.74, 6) is 2.11. The van der Waals surface area contributed by atoms with E-state index in [-0.39, 0.29) is 0 Å². The number of halogens is 1. The van der Waals surface area contributed by atoms with Crippen LogP contribution in [-0.2, 0) is 4.74 Å². The highest BCUT2D eigenvalue weighted by atomic mass is 79.9. The van der Waals surface area contributed by atoms with Gasteiger partial charge in [-0.05, 0) is 36.9 Å². The molecule has 1 unspecified atom stereocenters. The Morgan fingerprint density at radius 2 is 2.17 bits per heavy atom. The van der Waals surface area contributed by atoms with Crippen LogP contribution in [0.1, 0.15) is 13.3 Å². The molecule has 0 fully saturated rings. The maximum absolute atomic E-state index is 5.65. The highest BCUT2D eigenvalue weighted by Crippen LogP contribution is 2.24. The van der Waals surface area contributed by atoms with Crippen molar-refractivity contribution < 1.29 is 4.74 Å². The number of likely N-dealkylation sites (N-methyl/N-ethyl adjacent to an activating group) is 1. The minimum absolute atomic E-state index is 0.325. The van der Waals surface area contributed by atoms with E-state index < -0.39 is 0 Å². The van der Waals surface area contributed by atoms with Crippen LogP contribution in [0.4, 0.5) is 0 Å². The number of ether oxygens (including phenoxy) is 1. The average Bonchev–Trinajstić information content (AvgIpc) is 2.90. The zero-order valence-electron chi connectivity index (χ0n) is 10.5. The molecule has 18 heavy (non-hydrogen) atoms. The fourth-order valence-corrected chi connectivity index (χ4v) is 3.11. The Bertz CT molecular complexity index is 405. The topological polar surface area (TPSA) is 21.3 Å². The zero-order chi connectivity index (χ0) is 12.8. The van der Waals surface area contributed by atoms with Gasteiger partial charge in [0.2, 0.25) is 0 Å². The van der Waals surface area contributed by atoms with Gasteiger partial charge < -0.3 is 10.1 Å². The second kappa shape index (κ2) is 7.22. The maximum atomic E-state index is 5.65. The number of thioether (sulfide) groups is 1. The summed E-state index contributed by atoms with van der Waals surface area (Å²) in [6, 6.07) is 8.76. The van der Waals surface area contributed by atoms with Gasteiger partial charge in [-0.15, -0.1) is 11.8 Å². The molecule has 2 rings (SSSR count). The molecule has 1 heterocycles. The first-order chi connectivity index (χ1) is 8.79. The van der Waals surface area contributed by atoms with Gasteiger partial charge in [0.25, 0.3) is 0 Å². The Morgan fingerprint density at radius 1 is 1.39 bits per heavy atom. The first-order valence-corrected chi connectivity index (χ1v) is 8.02. The van der Waals surface area contributed by atoms with Crippen LogP contribution in [0.2, 0.25) is 0 Å². The van der Waals surface area contributed by atoms with E-state index in [0.29, 0.717) is 6.04 Å². The standard InChI is InChI=1S/C14H18BrNOS/c1-2-16-13(14-4-3-9-17-14)10-18-12-7-5-11(15)6-8-12/h4-8,13,16H,2-3,9-10H2,1H3. The summed E-state index contributed by atoms with van der Waals surface area (Å²) in [5, 5.41) is 3.48. The van der Waals surface area contributed by atoms with Crippen molar-refractivity contribution in [3.8, 4) is 0 Å². The van der Waals surface area contributed by atoms with Crippen molar-refractivity contribution in [3.05, 3.63) is 40.6 Å². The van der Waals surface area contributed by atoms with Gasteiger partial charge in [-0.25, -0.2) is 0 Å². The number of rotatable bonds is 6. The molecule has 1 N–H and O–H groups in total. The second-order valence-electron chi connectivity index (χ2n) is 4.12. The third-order valence-corrected chi connectivity index (χ3v) is 4.39. The molecule has 0 spiro atoms. The molecule has 4 heteroatoms. The van der Waals surface area contributed by atoms with Gasteiger partial charge in [0, 0.05) is 21.5 Å². The molecule has 0 amide bonds. The minimum Gasteiger partial charge on any atom is -0.496 e. The molecule has 1 aromatic rings. The van der Waals surface area contributed by atoms with E-state index >= 15 is 0 Å². The molecule has 0 radical (unpaired) electrons. The highest BCUT2D eigenvalue weighted by molar-refractivity contribution is 9.10. The summed E-state index contributed by atoms with van der Waals surface area (Å²) >= 11 is 5.31. The Morgan fingerprint density at radius 3 is 2.78 bits per heavy atom. The normalized spacial score (nSPS) is 16.2. The van der Waals surface area contributed by atoms with Crippen LogP contribution in [0.25, 0.3) is 0 Å². The van der Waals surface area contributed by atoms with E-state index in [1.165, 1.54) is 4.90 Å². The first kappa shape index (κ1) is 14.0. The summed E-state index contributed by atoms with van der Waals surface area (Å²) in [5.41, 5.74) is 0. The van der Waals surface area contributed by atoms with Crippen molar-refractivity contribution in [3.63, 3.8) is 0 Å². The van der Waals surface area contributed by atoms with E-state index in [2.05, 4.69) is 58.5 Å². The lowest BCUT2D eigenvalue weighted by atomic mass is 10.2. The van der Waals surface area contributed by atoms with Crippen LogP contribution in [-0.4, -0.2) is 24.9 Å². The van der Waals surface area contributed by atoms with Crippen LogP contribution in [0.5, 0.6) is 0 Å². The predicted octanol–water partition coefficient (Wildman–Crippen LogP) is 3.82. The van der Waals surface area contributed by atoms with Crippen LogP contribution in [0.3, 0.4) is 0 Å². The molecule has 0 aromatic heterocycles. The molecule has 98 valence electrons. The third kappa shape index (κ3) is 4.04. The van der Waals surface area contributed by atoms with Crippen molar-refractivity contribution in [2.24, 2.45) is 0 Å². The van der Waals surface area contributed by atoms with Gasteiger partial charge in [0.15, 0.2) is 0 Å². The molecule has 0 aliphatic carbocycles. The predicted molar refractivity (Wildman–Crippen MR) is 81.0 cm³/mol. The van der Waals surface area contributed by atoms with Gasteiger partial charge in [0.1, 0.15) is 5.76 Å². The molecular weight excluding hydrogens is 310 g/mol. The molecular formula is C14H18BrNOS. The smallest absolute Gasteiger partial charge is 0.110 e. The highest BCUT2D eigenvalue weighted by Gasteiger charge is 2.17. The summed E-state index contributed by atoms with van der Waals surface area (Å²) < 4.78 is 6.78. The molecule has 0 saturated heterocycles. The van der Waals surface area contributed by atoms with E-state index in [1.54, 1.807) is 0 Å². The van der Waals surface area contributed by atoms with Crippen molar-refractivity contribution in [1.29, 1.82) is 0 Å².